The Morgan fingerprint density at radius 2 is 1.68 bits per heavy atom. The summed E-state index contributed by atoms with van der Waals surface area (Å²) in [5.41, 5.74) is 0. The number of unbranched alkanes of at least 4 members (excludes halogenated alkanes) is 2. The molecule has 2 aromatic carbocycles. The van der Waals surface area contributed by atoms with Gasteiger partial charge in [0.25, 0.3) is 0 Å². The average molecular weight is 320 g/mol. The summed E-state index contributed by atoms with van der Waals surface area (Å²) in [4.78, 5) is 2.47. The highest BCUT2D eigenvalue weighted by atomic mass is 32.2. The maximum absolute atomic E-state index is 12.3. The number of nitrogens with one attached hydrogen (secondary N) is 1. The summed E-state index contributed by atoms with van der Waals surface area (Å²) in [5, 5.41) is 1.99. The lowest BCUT2D eigenvalue weighted by Gasteiger charge is -2.10. The summed E-state index contributed by atoms with van der Waals surface area (Å²) >= 11 is 0. The number of hydrogen-bond acceptors (Lipinski definition) is 3. The molecular weight excluding hydrogens is 296 g/mol. The number of fused-ring (bicyclic) bond motifs is 1. The fourth-order valence-corrected chi connectivity index (χ4v) is 3.46. The van der Waals surface area contributed by atoms with Crippen molar-refractivity contribution in [2.75, 3.05) is 27.2 Å². The molecule has 2 rings (SSSR count). The van der Waals surface area contributed by atoms with E-state index < -0.39 is 10.0 Å². The van der Waals surface area contributed by atoms with Gasteiger partial charge in [-0.05, 0) is 56.4 Å². The van der Waals surface area contributed by atoms with Crippen LogP contribution in [0, 0.1) is 0 Å². The Kier molecular flexibility index (Phi) is 5.94. The van der Waals surface area contributed by atoms with Gasteiger partial charge in [0.2, 0.25) is 10.0 Å². The molecule has 5 heteroatoms. The van der Waals surface area contributed by atoms with Gasteiger partial charge in [-0.1, -0.05) is 36.8 Å². The van der Waals surface area contributed by atoms with Crippen molar-refractivity contribution in [3.63, 3.8) is 0 Å². The van der Waals surface area contributed by atoms with Crippen molar-refractivity contribution in [3.8, 4) is 0 Å². The molecule has 22 heavy (non-hydrogen) atoms. The van der Waals surface area contributed by atoms with Gasteiger partial charge in [-0.3, -0.25) is 0 Å². The van der Waals surface area contributed by atoms with Gasteiger partial charge < -0.3 is 4.90 Å². The zero-order chi connectivity index (χ0) is 16.0. The summed E-state index contributed by atoms with van der Waals surface area (Å²) in [5.74, 6) is 0. The molecule has 0 atom stereocenters. The molecule has 0 aliphatic heterocycles. The van der Waals surface area contributed by atoms with Gasteiger partial charge in [-0.25, -0.2) is 13.1 Å². The molecule has 0 aliphatic carbocycles. The van der Waals surface area contributed by atoms with E-state index in [0.717, 1.165) is 36.6 Å². The molecule has 0 saturated heterocycles. The lowest BCUT2D eigenvalue weighted by molar-refractivity contribution is 0.391. The fourth-order valence-electron chi connectivity index (χ4n) is 2.35. The normalized spacial score (nSPS) is 12.1. The minimum absolute atomic E-state index is 0.333. The van der Waals surface area contributed by atoms with E-state index in [1.54, 1.807) is 12.1 Å². The molecule has 2 aromatic rings. The van der Waals surface area contributed by atoms with Gasteiger partial charge in [0.05, 0.1) is 4.90 Å². The quantitative estimate of drug-likeness (QED) is 0.761. The van der Waals surface area contributed by atoms with Crippen LogP contribution in [0.1, 0.15) is 19.3 Å². The smallest absolute Gasteiger partial charge is 0.240 e. The molecule has 0 fully saturated rings. The molecule has 120 valence electrons. The van der Waals surface area contributed by atoms with Crippen LogP contribution in [0.5, 0.6) is 0 Å². The second-order valence-electron chi connectivity index (χ2n) is 5.77. The van der Waals surface area contributed by atoms with Gasteiger partial charge in [0.1, 0.15) is 0 Å². The van der Waals surface area contributed by atoms with E-state index in [9.17, 15) is 8.42 Å². The van der Waals surface area contributed by atoms with Crippen molar-refractivity contribution in [2.45, 2.75) is 24.2 Å². The molecule has 1 N–H and O–H groups in total. The van der Waals surface area contributed by atoms with E-state index in [4.69, 9.17) is 0 Å². The highest BCUT2D eigenvalue weighted by molar-refractivity contribution is 7.89. The Hall–Kier alpha value is -1.43. The molecule has 0 unspecified atom stereocenters. The standard InChI is InChI=1S/C17H24N2O2S/c1-19(2)13-7-3-6-12-18-22(20,21)17-11-10-15-8-4-5-9-16(15)14-17/h4-5,8-11,14,18H,3,6-7,12-13H2,1-2H3. The monoisotopic (exact) mass is 320 g/mol. The van der Waals surface area contributed by atoms with Crippen LogP contribution in [-0.4, -0.2) is 40.5 Å². The molecule has 0 saturated carbocycles. The number of rotatable bonds is 8. The highest BCUT2D eigenvalue weighted by Crippen LogP contribution is 2.18. The van der Waals surface area contributed by atoms with E-state index in [2.05, 4.69) is 9.62 Å². The van der Waals surface area contributed by atoms with Crippen LogP contribution in [0.2, 0.25) is 0 Å². The first-order valence-electron chi connectivity index (χ1n) is 7.62. The number of hydrogen-bond donors (Lipinski definition) is 1. The summed E-state index contributed by atoms with van der Waals surface area (Å²) in [7, 11) is 0.672. The summed E-state index contributed by atoms with van der Waals surface area (Å²) in [6.45, 7) is 1.53. The van der Waals surface area contributed by atoms with E-state index in [-0.39, 0.29) is 0 Å². The van der Waals surface area contributed by atoms with Crippen molar-refractivity contribution >= 4 is 20.8 Å². The third-order valence-electron chi connectivity index (χ3n) is 3.61. The molecule has 0 bridgehead atoms. The third kappa shape index (κ3) is 4.80. The van der Waals surface area contributed by atoms with Crippen molar-refractivity contribution < 1.29 is 8.42 Å². The number of sulfonamides is 1. The van der Waals surface area contributed by atoms with Crippen LogP contribution in [0.15, 0.2) is 47.4 Å². The predicted molar refractivity (Wildman–Crippen MR) is 91.5 cm³/mol. The number of nitrogens with zero attached hydrogens (tertiary/aromatic N) is 1. The first kappa shape index (κ1) is 16.9. The van der Waals surface area contributed by atoms with Crippen LogP contribution in [0.4, 0.5) is 0 Å². The molecule has 0 spiro atoms. The van der Waals surface area contributed by atoms with Crippen molar-refractivity contribution in [2.24, 2.45) is 0 Å². The van der Waals surface area contributed by atoms with E-state index >= 15 is 0 Å². The topological polar surface area (TPSA) is 49.4 Å². The summed E-state index contributed by atoms with van der Waals surface area (Å²) < 4.78 is 27.3. The van der Waals surface area contributed by atoms with Gasteiger partial charge in [-0.15, -0.1) is 0 Å². The largest absolute Gasteiger partial charge is 0.309 e. The zero-order valence-electron chi connectivity index (χ0n) is 13.2. The van der Waals surface area contributed by atoms with E-state index in [0.29, 0.717) is 11.4 Å². The average Bonchev–Trinajstić information content (AvgIpc) is 2.50. The highest BCUT2D eigenvalue weighted by Gasteiger charge is 2.13. The molecule has 4 nitrogen and oxygen atoms in total. The van der Waals surface area contributed by atoms with Crippen LogP contribution >= 0.6 is 0 Å². The minimum atomic E-state index is -3.42. The molecule has 0 radical (unpaired) electrons. The second-order valence-corrected chi connectivity index (χ2v) is 7.54. The lowest BCUT2D eigenvalue weighted by atomic mass is 10.1. The minimum Gasteiger partial charge on any atom is -0.309 e. The Bertz CT molecular complexity index is 711. The van der Waals surface area contributed by atoms with Crippen molar-refractivity contribution in [1.29, 1.82) is 0 Å². The predicted octanol–water partition coefficient (Wildman–Crippen LogP) is 2.85. The van der Waals surface area contributed by atoms with Crippen LogP contribution in [0.3, 0.4) is 0 Å². The first-order chi connectivity index (χ1) is 10.5. The fraction of sp³-hybridized carbons (Fsp3) is 0.412. The van der Waals surface area contributed by atoms with Gasteiger partial charge in [0.15, 0.2) is 0 Å². The molecule has 0 amide bonds. The number of benzene rings is 2. The molecular formula is C17H24N2O2S. The van der Waals surface area contributed by atoms with Gasteiger partial charge >= 0.3 is 0 Å². The van der Waals surface area contributed by atoms with Crippen molar-refractivity contribution in [3.05, 3.63) is 42.5 Å². The molecule has 0 heterocycles. The Morgan fingerprint density at radius 1 is 0.955 bits per heavy atom. The van der Waals surface area contributed by atoms with Gasteiger partial charge in [0, 0.05) is 6.54 Å². The lowest BCUT2D eigenvalue weighted by Crippen LogP contribution is -2.25. The summed E-state index contributed by atoms with van der Waals surface area (Å²) in [6, 6.07) is 13.0. The van der Waals surface area contributed by atoms with Crippen LogP contribution < -0.4 is 4.72 Å². The SMILES string of the molecule is CN(C)CCCCCNS(=O)(=O)c1ccc2ccccc2c1. The van der Waals surface area contributed by atoms with Crippen LogP contribution in [0.25, 0.3) is 10.8 Å². The Balaban J connectivity index is 1.91. The van der Waals surface area contributed by atoms with Crippen LogP contribution in [-0.2, 0) is 10.0 Å². The first-order valence-corrected chi connectivity index (χ1v) is 9.10. The third-order valence-corrected chi connectivity index (χ3v) is 5.06. The van der Waals surface area contributed by atoms with E-state index in [1.165, 1.54) is 0 Å². The zero-order valence-corrected chi connectivity index (χ0v) is 14.1. The molecule has 0 aromatic heterocycles. The second kappa shape index (κ2) is 7.72. The molecule has 0 aliphatic rings. The Labute approximate surface area is 133 Å². The maximum Gasteiger partial charge on any atom is 0.240 e. The van der Waals surface area contributed by atoms with Crippen molar-refractivity contribution in [1.82, 2.24) is 9.62 Å². The maximum atomic E-state index is 12.3. The summed E-state index contributed by atoms with van der Waals surface area (Å²) in [6.07, 6.45) is 2.98. The van der Waals surface area contributed by atoms with E-state index in [1.807, 2.05) is 44.4 Å². The van der Waals surface area contributed by atoms with Gasteiger partial charge in [-0.2, -0.15) is 0 Å². The Morgan fingerprint density at radius 3 is 2.41 bits per heavy atom.